The predicted octanol–water partition coefficient (Wildman–Crippen LogP) is 5.81. The molecule has 10 heteroatoms. The molecule has 1 unspecified atom stereocenters. The van der Waals surface area contributed by atoms with Crippen molar-refractivity contribution in [2.45, 2.75) is 44.6 Å². The SMILES string of the molecule is C=CC(=O)N1CCN(C2=NCN(c3c(C)cccc3C(C)C)c3nc(-c4ccccc4S(C)(=O)=O)c(Cl)cc32)C(C)C1. The maximum atomic E-state index is 12.7. The zero-order chi connectivity index (χ0) is 30.3. The first-order chi connectivity index (χ1) is 19.9. The van der Waals surface area contributed by atoms with Crippen LogP contribution < -0.4 is 4.90 Å². The molecule has 1 saturated heterocycles. The van der Waals surface area contributed by atoms with E-state index in [4.69, 9.17) is 21.6 Å². The minimum Gasteiger partial charge on any atom is -0.350 e. The summed E-state index contributed by atoms with van der Waals surface area (Å²) >= 11 is 6.94. The van der Waals surface area contributed by atoms with Gasteiger partial charge in [-0.15, -0.1) is 0 Å². The molecular weight excluding hydrogens is 570 g/mol. The number of fused-ring (bicyclic) bond motifs is 1. The van der Waals surface area contributed by atoms with E-state index in [0.29, 0.717) is 48.4 Å². The van der Waals surface area contributed by atoms with Crippen molar-refractivity contribution < 1.29 is 13.2 Å². The molecule has 1 amide bonds. The fourth-order valence-corrected chi connectivity index (χ4v) is 7.00. The largest absolute Gasteiger partial charge is 0.350 e. The van der Waals surface area contributed by atoms with Crippen LogP contribution in [-0.2, 0) is 14.6 Å². The van der Waals surface area contributed by atoms with Crippen LogP contribution in [0, 0.1) is 6.92 Å². The first-order valence-electron chi connectivity index (χ1n) is 14.0. The summed E-state index contributed by atoms with van der Waals surface area (Å²) in [5.74, 6) is 1.59. The van der Waals surface area contributed by atoms with Gasteiger partial charge in [0.25, 0.3) is 0 Å². The third-order valence-electron chi connectivity index (χ3n) is 7.90. The molecule has 3 aromatic rings. The number of rotatable bonds is 5. The predicted molar refractivity (Wildman–Crippen MR) is 170 cm³/mol. The van der Waals surface area contributed by atoms with Crippen molar-refractivity contribution in [3.63, 3.8) is 0 Å². The Balaban J connectivity index is 1.70. The topological polar surface area (TPSA) is 86.2 Å². The number of amides is 1. The number of nitrogens with zero attached hydrogens (tertiary/aromatic N) is 5. The minimum atomic E-state index is -3.54. The fourth-order valence-electron chi connectivity index (χ4n) is 5.85. The first kappa shape index (κ1) is 29.8. The lowest BCUT2D eigenvalue weighted by molar-refractivity contribution is -0.128. The van der Waals surface area contributed by atoms with Gasteiger partial charge in [0, 0.05) is 37.5 Å². The van der Waals surface area contributed by atoms with Gasteiger partial charge in [-0.05, 0) is 49.1 Å². The standard InChI is InChI=1S/C32H36ClN5O3S/c1-7-28(39)36-15-16-37(22(5)18-36)31-25-17-26(33)29(24-12-8-9-14-27(24)42(6,40)41)35-32(25)38(19-34-31)30-21(4)11-10-13-23(30)20(2)3/h7-14,17,20,22H,1,15-16,18-19H2,2-6H3. The zero-order valence-corrected chi connectivity index (χ0v) is 26.2. The number of amidine groups is 1. The summed E-state index contributed by atoms with van der Waals surface area (Å²) in [5, 5.41) is 0.335. The molecule has 2 aliphatic heterocycles. The van der Waals surface area contributed by atoms with E-state index >= 15 is 0 Å². The Labute approximate surface area is 253 Å². The quantitative estimate of drug-likeness (QED) is 0.341. The molecule has 5 rings (SSSR count). The highest BCUT2D eigenvalue weighted by Gasteiger charge is 2.35. The first-order valence-corrected chi connectivity index (χ1v) is 16.3. The van der Waals surface area contributed by atoms with Crippen LogP contribution in [0.25, 0.3) is 11.3 Å². The van der Waals surface area contributed by atoms with Gasteiger partial charge in [-0.2, -0.15) is 0 Å². The van der Waals surface area contributed by atoms with Crippen LogP contribution in [0.3, 0.4) is 0 Å². The van der Waals surface area contributed by atoms with Crippen molar-refractivity contribution in [2.24, 2.45) is 4.99 Å². The Morgan fingerprint density at radius 2 is 1.86 bits per heavy atom. The second-order valence-corrected chi connectivity index (χ2v) is 13.6. The third kappa shape index (κ3) is 5.43. The Kier molecular flexibility index (Phi) is 8.18. The average Bonchev–Trinajstić information content (AvgIpc) is 2.95. The molecule has 0 radical (unpaired) electrons. The minimum absolute atomic E-state index is 0.00472. The molecule has 0 bridgehead atoms. The summed E-state index contributed by atoms with van der Waals surface area (Å²) in [6.07, 6.45) is 2.54. The molecule has 220 valence electrons. The summed E-state index contributed by atoms with van der Waals surface area (Å²) < 4.78 is 25.5. The zero-order valence-electron chi connectivity index (χ0n) is 24.6. The van der Waals surface area contributed by atoms with E-state index in [1.165, 1.54) is 17.9 Å². The van der Waals surface area contributed by atoms with Crippen LogP contribution in [0.4, 0.5) is 11.5 Å². The van der Waals surface area contributed by atoms with Crippen LogP contribution in [0.15, 0.2) is 71.1 Å². The number of benzene rings is 2. The molecule has 1 atom stereocenters. The molecule has 42 heavy (non-hydrogen) atoms. The number of para-hydroxylation sites is 1. The summed E-state index contributed by atoms with van der Waals surface area (Å²) in [6, 6.07) is 14.9. The lowest BCUT2D eigenvalue weighted by Crippen LogP contribution is -2.56. The number of aliphatic imine (C=N–C) groups is 1. The van der Waals surface area contributed by atoms with E-state index in [-0.39, 0.29) is 22.8 Å². The maximum absolute atomic E-state index is 12.7. The van der Waals surface area contributed by atoms with Gasteiger partial charge in [0.15, 0.2) is 9.84 Å². The van der Waals surface area contributed by atoms with Crippen LogP contribution in [0.1, 0.15) is 43.4 Å². The van der Waals surface area contributed by atoms with Crippen LogP contribution >= 0.6 is 11.6 Å². The maximum Gasteiger partial charge on any atom is 0.246 e. The highest BCUT2D eigenvalue weighted by atomic mass is 35.5. The lowest BCUT2D eigenvalue weighted by Gasteiger charge is -2.43. The van der Waals surface area contributed by atoms with E-state index < -0.39 is 9.84 Å². The molecular formula is C32H36ClN5O3S. The number of hydrogen-bond acceptors (Lipinski definition) is 7. The summed E-state index contributed by atoms with van der Waals surface area (Å²) in [5.41, 5.74) is 4.90. The molecule has 2 aromatic carbocycles. The number of sulfone groups is 1. The number of pyridine rings is 1. The van der Waals surface area contributed by atoms with Crippen molar-refractivity contribution in [3.8, 4) is 11.3 Å². The summed E-state index contributed by atoms with van der Waals surface area (Å²) in [7, 11) is -3.54. The lowest BCUT2D eigenvalue weighted by atomic mass is 9.96. The number of anilines is 2. The molecule has 0 spiro atoms. The Hall–Kier alpha value is -3.69. The smallest absolute Gasteiger partial charge is 0.246 e. The number of piperazine rings is 1. The molecule has 0 N–H and O–H groups in total. The Morgan fingerprint density at radius 3 is 2.52 bits per heavy atom. The van der Waals surface area contributed by atoms with Crippen molar-refractivity contribution in [2.75, 3.05) is 37.5 Å². The third-order valence-corrected chi connectivity index (χ3v) is 9.35. The monoisotopic (exact) mass is 605 g/mol. The Bertz CT molecular complexity index is 1700. The molecule has 2 aliphatic rings. The Morgan fingerprint density at radius 1 is 1.12 bits per heavy atom. The van der Waals surface area contributed by atoms with E-state index in [1.54, 1.807) is 29.2 Å². The van der Waals surface area contributed by atoms with E-state index in [9.17, 15) is 13.2 Å². The van der Waals surface area contributed by atoms with Crippen LogP contribution in [0.5, 0.6) is 0 Å². The molecule has 1 aromatic heterocycles. The van der Waals surface area contributed by atoms with Crippen LogP contribution in [-0.4, -0.2) is 73.5 Å². The van der Waals surface area contributed by atoms with Gasteiger partial charge in [-0.1, -0.05) is 68.4 Å². The van der Waals surface area contributed by atoms with Gasteiger partial charge in [0.2, 0.25) is 5.91 Å². The van der Waals surface area contributed by atoms with Gasteiger partial charge < -0.3 is 14.7 Å². The summed E-state index contributed by atoms with van der Waals surface area (Å²) in [4.78, 5) is 28.8. The van der Waals surface area contributed by atoms with Gasteiger partial charge in [0.05, 0.1) is 26.9 Å². The molecule has 0 saturated carbocycles. The number of aromatic nitrogens is 1. The number of halogens is 1. The van der Waals surface area contributed by atoms with E-state index in [1.807, 2.05) is 6.07 Å². The normalized spacial score (nSPS) is 17.3. The number of carbonyl (C=O) groups excluding carboxylic acids is 1. The molecule has 8 nitrogen and oxygen atoms in total. The van der Waals surface area contributed by atoms with Gasteiger partial charge in [0.1, 0.15) is 18.3 Å². The van der Waals surface area contributed by atoms with Crippen LogP contribution in [0.2, 0.25) is 5.02 Å². The van der Waals surface area contributed by atoms with E-state index in [2.05, 4.69) is 62.3 Å². The van der Waals surface area contributed by atoms with Crippen molar-refractivity contribution in [3.05, 3.63) is 82.9 Å². The number of hydrogen-bond donors (Lipinski definition) is 0. The highest BCUT2D eigenvalue weighted by molar-refractivity contribution is 7.90. The number of aryl methyl sites for hydroxylation is 1. The van der Waals surface area contributed by atoms with Gasteiger partial charge in [-0.25, -0.2) is 18.4 Å². The highest BCUT2D eigenvalue weighted by Crippen LogP contribution is 2.42. The number of carbonyl (C=O) groups is 1. The van der Waals surface area contributed by atoms with Crippen molar-refractivity contribution >= 4 is 44.7 Å². The second kappa shape index (κ2) is 11.5. The molecule has 3 heterocycles. The molecule has 0 aliphatic carbocycles. The van der Waals surface area contributed by atoms with Gasteiger partial charge >= 0.3 is 0 Å². The van der Waals surface area contributed by atoms with E-state index in [0.717, 1.165) is 22.6 Å². The van der Waals surface area contributed by atoms with Crippen molar-refractivity contribution in [1.29, 1.82) is 0 Å². The average molecular weight is 606 g/mol. The fraction of sp³-hybridized carbons (Fsp3) is 0.344. The van der Waals surface area contributed by atoms with Gasteiger partial charge in [-0.3, -0.25) is 4.79 Å². The second-order valence-electron chi connectivity index (χ2n) is 11.2. The van der Waals surface area contributed by atoms with Crippen molar-refractivity contribution in [1.82, 2.24) is 14.8 Å². The summed E-state index contributed by atoms with van der Waals surface area (Å²) in [6.45, 7) is 14.1. The molecule has 1 fully saturated rings.